The van der Waals surface area contributed by atoms with Gasteiger partial charge in [0, 0.05) is 18.5 Å². The fraction of sp³-hybridized carbons (Fsp3) is 0.250. The molecule has 0 saturated heterocycles. The molecule has 1 unspecified atom stereocenters. The van der Waals surface area contributed by atoms with Crippen molar-refractivity contribution >= 4 is 11.6 Å². The van der Waals surface area contributed by atoms with E-state index < -0.39 is 10.8 Å². The number of nitrogens with zero attached hydrogens (tertiary/aromatic N) is 1. The van der Waals surface area contributed by atoms with E-state index in [1.54, 1.807) is 13.0 Å². The summed E-state index contributed by atoms with van der Waals surface area (Å²) in [5, 5.41) is 13.3. The van der Waals surface area contributed by atoms with E-state index in [1.807, 2.05) is 0 Å². The molecule has 0 spiro atoms. The number of para-hydroxylation sites is 1. The van der Waals surface area contributed by atoms with Crippen molar-refractivity contribution in [1.29, 1.82) is 0 Å². The fourth-order valence-electron chi connectivity index (χ4n) is 1.35. The molecule has 5 heteroatoms. The molecule has 17 heavy (non-hydrogen) atoms. The number of nitro groups is 1. The number of carbonyl (C=O) groups excluding carboxylic acids is 1. The molecule has 0 saturated carbocycles. The number of nitrogens with one attached hydrogen (secondary N) is 1. The smallest absolute Gasteiger partial charge is 0.282 e. The molecule has 1 N–H and O–H groups in total. The molecule has 1 rings (SSSR count). The minimum Gasteiger partial charge on any atom is -0.348 e. The Kier molecular flexibility index (Phi) is 4.23. The molecular formula is C12H12N2O3. The maximum absolute atomic E-state index is 11.8. The number of rotatable bonds is 4. The average molecular weight is 232 g/mol. The highest BCUT2D eigenvalue weighted by molar-refractivity contribution is 5.98. The van der Waals surface area contributed by atoms with Crippen LogP contribution in [0.25, 0.3) is 0 Å². The molecule has 1 amide bonds. The highest BCUT2D eigenvalue weighted by Crippen LogP contribution is 2.17. The van der Waals surface area contributed by atoms with Crippen molar-refractivity contribution in [3.63, 3.8) is 0 Å². The number of amides is 1. The number of hydrogen-bond donors (Lipinski definition) is 1. The Morgan fingerprint density at radius 1 is 1.59 bits per heavy atom. The first-order chi connectivity index (χ1) is 8.06. The van der Waals surface area contributed by atoms with Crippen molar-refractivity contribution in [3.8, 4) is 12.3 Å². The summed E-state index contributed by atoms with van der Waals surface area (Å²) in [6, 6.07) is 5.58. The molecule has 1 aromatic carbocycles. The van der Waals surface area contributed by atoms with Crippen LogP contribution in [0.4, 0.5) is 5.69 Å². The summed E-state index contributed by atoms with van der Waals surface area (Å²) in [5.41, 5.74) is -0.167. The number of nitro benzene ring substituents is 1. The first-order valence-corrected chi connectivity index (χ1v) is 5.04. The summed E-state index contributed by atoms with van der Waals surface area (Å²) in [4.78, 5) is 21.9. The molecule has 1 aromatic rings. The maximum Gasteiger partial charge on any atom is 0.282 e. The Morgan fingerprint density at radius 3 is 2.82 bits per heavy atom. The molecule has 0 aliphatic carbocycles. The highest BCUT2D eigenvalue weighted by Gasteiger charge is 2.19. The number of benzene rings is 1. The van der Waals surface area contributed by atoms with Gasteiger partial charge in [-0.25, -0.2) is 0 Å². The van der Waals surface area contributed by atoms with Gasteiger partial charge >= 0.3 is 0 Å². The lowest BCUT2D eigenvalue weighted by Gasteiger charge is -2.10. The van der Waals surface area contributed by atoms with Gasteiger partial charge in [0.25, 0.3) is 11.6 Å². The summed E-state index contributed by atoms with van der Waals surface area (Å²) in [6.45, 7) is 1.74. The Labute approximate surface area is 99.0 Å². The van der Waals surface area contributed by atoms with Crippen molar-refractivity contribution in [2.24, 2.45) is 0 Å². The van der Waals surface area contributed by atoms with Crippen LogP contribution in [0.5, 0.6) is 0 Å². The van der Waals surface area contributed by atoms with Crippen molar-refractivity contribution in [1.82, 2.24) is 5.32 Å². The molecule has 1 atom stereocenters. The zero-order valence-corrected chi connectivity index (χ0v) is 9.34. The molecule has 88 valence electrons. The lowest BCUT2D eigenvalue weighted by molar-refractivity contribution is -0.385. The second kappa shape index (κ2) is 5.66. The zero-order chi connectivity index (χ0) is 12.8. The number of carbonyl (C=O) groups is 1. The lowest BCUT2D eigenvalue weighted by Crippen LogP contribution is -2.32. The van der Waals surface area contributed by atoms with Crippen LogP contribution in [-0.2, 0) is 0 Å². The quantitative estimate of drug-likeness (QED) is 0.488. The molecular weight excluding hydrogens is 220 g/mol. The largest absolute Gasteiger partial charge is 0.348 e. The van der Waals surface area contributed by atoms with Gasteiger partial charge in [-0.15, -0.1) is 12.3 Å². The minimum atomic E-state index is -0.583. The summed E-state index contributed by atoms with van der Waals surface area (Å²) in [5.74, 6) is 1.93. The standard InChI is InChI=1S/C12H12N2O3/c1-3-6-9(2)13-12(15)10-7-4-5-8-11(10)14(16)17/h1,4-5,7-9H,6H2,2H3,(H,13,15). The monoisotopic (exact) mass is 232 g/mol. The molecule has 0 aromatic heterocycles. The van der Waals surface area contributed by atoms with Crippen LogP contribution in [0.2, 0.25) is 0 Å². The lowest BCUT2D eigenvalue weighted by atomic mass is 10.1. The molecule has 0 fully saturated rings. The van der Waals surface area contributed by atoms with Gasteiger partial charge in [0.2, 0.25) is 0 Å². The number of hydrogen-bond acceptors (Lipinski definition) is 3. The first kappa shape index (κ1) is 12.7. The Morgan fingerprint density at radius 2 is 2.24 bits per heavy atom. The molecule has 5 nitrogen and oxygen atoms in total. The third-order valence-electron chi connectivity index (χ3n) is 2.15. The first-order valence-electron chi connectivity index (χ1n) is 5.04. The fourth-order valence-corrected chi connectivity index (χ4v) is 1.35. The van der Waals surface area contributed by atoms with E-state index in [9.17, 15) is 14.9 Å². The van der Waals surface area contributed by atoms with Crippen molar-refractivity contribution in [3.05, 3.63) is 39.9 Å². The third kappa shape index (κ3) is 3.31. The van der Waals surface area contributed by atoms with Gasteiger partial charge < -0.3 is 5.32 Å². The van der Waals surface area contributed by atoms with E-state index in [4.69, 9.17) is 6.42 Å². The van der Waals surface area contributed by atoms with Gasteiger partial charge in [0.05, 0.1) is 4.92 Å². The zero-order valence-electron chi connectivity index (χ0n) is 9.34. The Bertz CT molecular complexity index is 477. The molecule has 0 aliphatic rings. The van der Waals surface area contributed by atoms with Gasteiger partial charge in [-0.05, 0) is 13.0 Å². The second-order valence-corrected chi connectivity index (χ2v) is 3.56. The van der Waals surface area contributed by atoms with Gasteiger partial charge in [-0.2, -0.15) is 0 Å². The summed E-state index contributed by atoms with van der Waals surface area (Å²) in [6.07, 6.45) is 5.49. The summed E-state index contributed by atoms with van der Waals surface area (Å²) >= 11 is 0. The third-order valence-corrected chi connectivity index (χ3v) is 2.15. The SMILES string of the molecule is C#CCC(C)NC(=O)c1ccccc1[N+](=O)[O-]. The molecule has 0 heterocycles. The maximum atomic E-state index is 11.8. The van der Waals surface area contributed by atoms with Gasteiger partial charge in [0.1, 0.15) is 5.56 Å². The minimum absolute atomic E-state index is 0.0429. The van der Waals surface area contributed by atoms with Crippen LogP contribution in [0.15, 0.2) is 24.3 Å². The van der Waals surface area contributed by atoms with Crippen LogP contribution in [0.1, 0.15) is 23.7 Å². The van der Waals surface area contributed by atoms with E-state index in [2.05, 4.69) is 11.2 Å². The van der Waals surface area contributed by atoms with Gasteiger partial charge in [-0.1, -0.05) is 12.1 Å². The van der Waals surface area contributed by atoms with Gasteiger partial charge in [0.15, 0.2) is 0 Å². The predicted molar refractivity (Wildman–Crippen MR) is 63.5 cm³/mol. The number of terminal acetylenes is 1. The van der Waals surface area contributed by atoms with Crippen molar-refractivity contribution < 1.29 is 9.72 Å². The summed E-state index contributed by atoms with van der Waals surface area (Å²) in [7, 11) is 0. The van der Waals surface area contributed by atoms with Crippen LogP contribution < -0.4 is 5.32 Å². The molecule has 0 bridgehead atoms. The normalized spacial score (nSPS) is 11.3. The highest BCUT2D eigenvalue weighted by atomic mass is 16.6. The van der Waals surface area contributed by atoms with Crippen LogP contribution in [0, 0.1) is 22.5 Å². The van der Waals surface area contributed by atoms with Crippen LogP contribution >= 0.6 is 0 Å². The van der Waals surface area contributed by atoms with E-state index in [0.29, 0.717) is 6.42 Å². The van der Waals surface area contributed by atoms with E-state index in [1.165, 1.54) is 18.2 Å². The van der Waals surface area contributed by atoms with Gasteiger partial charge in [-0.3, -0.25) is 14.9 Å². The van der Waals surface area contributed by atoms with Crippen LogP contribution in [0.3, 0.4) is 0 Å². The second-order valence-electron chi connectivity index (χ2n) is 3.56. The average Bonchev–Trinajstić information content (AvgIpc) is 2.29. The van der Waals surface area contributed by atoms with E-state index >= 15 is 0 Å². The van der Waals surface area contributed by atoms with Crippen molar-refractivity contribution in [2.75, 3.05) is 0 Å². The molecule has 0 radical (unpaired) electrons. The topological polar surface area (TPSA) is 72.2 Å². The van der Waals surface area contributed by atoms with Crippen molar-refractivity contribution in [2.45, 2.75) is 19.4 Å². The van der Waals surface area contributed by atoms with Crippen LogP contribution in [-0.4, -0.2) is 16.9 Å². The molecule has 0 aliphatic heterocycles. The summed E-state index contributed by atoms with van der Waals surface area (Å²) < 4.78 is 0. The Hall–Kier alpha value is -2.35. The predicted octanol–water partition coefficient (Wildman–Crippen LogP) is 1.74. The van der Waals surface area contributed by atoms with E-state index in [-0.39, 0.29) is 17.3 Å². The van der Waals surface area contributed by atoms with E-state index in [0.717, 1.165) is 0 Å². The Balaban J connectivity index is 2.90.